The van der Waals surface area contributed by atoms with E-state index in [1.807, 2.05) is 0 Å². The average Bonchev–Trinajstić information content (AvgIpc) is 2.85. The van der Waals surface area contributed by atoms with Crippen molar-refractivity contribution in [3.05, 3.63) is 11.7 Å². The maximum Gasteiger partial charge on any atom is 0.292 e. The van der Waals surface area contributed by atoms with Gasteiger partial charge in [0.25, 0.3) is 11.7 Å². The number of amides is 1. The van der Waals surface area contributed by atoms with Gasteiger partial charge in [0, 0.05) is 13.5 Å². The zero-order chi connectivity index (χ0) is 12.1. The largest absolute Gasteiger partial charge is 0.352 e. The summed E-state index contributed by atoms with van der Waals surface area (Å²) in [5.74, 6) is 1.10. The van der Waals surface area contributed by atoms with E-state index in [9.17, 15) is 4.79 Å². The Kier molecular flexibility index (Phi) is 4.08. The van der Waals surface area contributed by atoms with Gasteiger partial charge in [0.1, 0.15) is 0 Å². The summed E-state index contributed by atoms with van der Waals surface area (Å²) < 4.78 is 5.04. The Morgan fingerprint density at radius 1 is 1.53 bits per heavy atom. The number of nitrogens with zero attached hydrogens (tertiary/aromatic N) is 2. The predicted octanol–water partition coefficient (Wildman–Crippen LogP) is 0.361. The van der Waals surface area contributed by atoms with Gasteiger partial charge in [0.2, 0.25) is 5.89 Å². The van der Waals surface area contributed by atoms with Crippen LogP contribution in [0.5, 0.6) is 0 Å². The van der Waals surface area contributed by atoms with Crippen molar-refractivity contribution in [1.82, 2.24) is 20.8 Å². The van der Waals surface area contributed by atoms with Crippen molar-refractivity contribution in [3.63, 3.8) is 0 Å². The molecule has 1 aromatic heterocycles. The van der Waals surface area contributed by atoms with Crippen LogP contribution >= 0.6 is 0 Å². The van der Waals surface area contributed by atoms with Crippen LogP contribution in [0.2, 0.25) is 0 Å². The lowest BCUT2D eigenvalue weighted by atomic mass is 9.93. The number of aryl methyl sites for hydroxylation is 1. The highest BCUT2D eigenvalue weighted by molar-refractivity contribution is 5.89. The van der Waals surface area contributed by atoms with E-state index < -0.39 is 0 Å². The second-order valence-electron chi connectivity index (χ2n) is 4.32. The first-order valence-corrected chi connectivity index (χ1v) is 6.05. The fourth-order valence-electron chi connectivity index (χ4n) is 2.06. The van der Waals surface area contributed by atoms with E-state index in [4.69, 9.17) is 4.52 Å². The molecule has 0 aliphatic carbocycles. The first-order valence-electron chi connectivity index (χ1n) is 6.05. The second kappa shape index (κ2) is 5.77. The van der Waals surface area contributed by atoms with E-state index in [1.54, 1.807) is 7.05 Å². The molecule has 1 fully saturated rings. The highest BCUT2D eigenvalue weighted by Crippen LogP contribution is 2.18. The summed E-state index contributed by atoms with van der Waals surface area (Å²) in [5, 5.41) is 9.44. The summed E-state index contributed by atoms with van der Waals surface area (Å²) in [6.45, 7) is 2.19. The van der Waals surface area contributed by atoms with Gasteiger partial charge in [-0.3, -0.25) is 4.79 Å². The molecule has 6 nitrogen and oxygen atoms in total. The summed E-state index contributed by atoms with van der Waals surface area (Å²) in [7, 11) is 1.55. The normalized spacial score (nSPS) is 17.0. The Morgan fingerprint density at radius 2 is 2.29 bits per heavy atom. The van der Waals surface area contributed by atoms with Crippen LogP contribution < -0.4 is 10.6 Å². The van der Waals surface area contributed by atoms with E-state index in [-0.39, 0.29) is 11.7 Å². The quantitative estimate of drug-likeness (QED) is 0.791. The molecule has 0 spiro atoms. The molecule has 1 saturated heterocycles. The highest BCUT2D eigenvalue weighted by Gasteiger charge is 2.16. The van der Waals surface area contributed by atoms with Gasteiger partial charge < -0.3 is 15.2 Å². The lowest BCUT2D eigenvalue weighted by Gasteiger charge is -2.21. The van der Waals surface area contributed by atoms with Crippen LogP contribution in [0.25, 0.3) is 0 Å². The number of piperidine rings is 1. The molecule has 0 unspecified atom stereocenters. The van der Waals surface area contributed by atoms with Crippen molar-refractivity contribution in [3.8, 4) is 0 Å². The van der Waals surface area contributed by atoms with E-state index >= 15 is 0 Å². The van der Waals surface area contributed by atoms with E-state index in [1.165, 1.54) is 12.8 Å². The van der Waals surface area contributed by atoms with E-state index in [2.05, 4.69) is 20.8 Å². The van der Waals surface area contributed by atoms with Gasteiger partial charge in [-0.15, -0.1) is 0 Å². The van der Waals surface area contributed by atoms with Gasteiger partial charge in [0.05, 0.1) is 0 Å². The van der Waals surface area contributed by atoms with Gasteiger partial charge in [-0.2, -0.15) is 4.98 Å². The summed E-state index contributed by atoms with van der Waals surface area (Å²) >= 11 is 0. The van der Waals surface area contributed by atoms with Crippen LogP contribution in [-0.2, 0) is 6.42 Å². The SMILES string of the molecule is CNC(=O)c1noc(CCC2CCNCC2)n1. The van der Waals surface area contributed by atoms with E-state index in [0.717, 1.165) is 31.8 Å². The third-order valence-electron chi connectivity index (χ3n) is 3.12. The Hall–Kier alpha value is -1.43. The minimum Gasteiger partial charge on any atom is -0.352 e. The molecule has 1 aliphatic heterocycles. The Balaban J connectivity index is 1.82. The topological polar surface area (TPSA) is 80.0 Å². The van der Waals surface area contributed by atoms with Crippen LogP contribution in [0, 0.1) is 5.92 Å². The first-order chi connectivity index (χ1) is 8.29. The molecule has 0 saturated carbocycles. The zero-order valence-electron chi connectivity index (χ0n) is 10.0. The van der Waals surface area contributed by atoms with Crippen LogP contribution in [0.3, 0.4) is 0 Å². The molecular formula is C11H18N4O2. The third-order valence-corrected chi connectivity index (χ3v) is 3.12. The number of hydrogen-bond donors (Lipinski definition) is 2. The lowest BCUT2D eigenvalue weighted by molar-refractivity contribution is 0.0950. The molecule has 0 atom stereocenters. The highest BCUT2D eigenvalue weighted by atomic mass is 16.5. The number of carbonyl (C=O) groups excluding carboxylic acids is 1. The first kappa shape index (κ1) is 12.0. The minimum atomic E-state index is -0.304. The smallest absolute Gasteiger partial charge is 0.292 e. The van der Waals surface area contributed by atoms with Crippen molar-refractivity contribution < 1.29 is 9.32 Å². The van der Waals surface area contributed by atoms with Crippen molar-refractivity contribution in [2.75, 3.05) is 20.1 Å². The number of nitrogens with one attached hydrogen (secondary N) is 2. The van der Waals surface area contributed by atoms with E-state index in [0.29, 0.717) is 5.89 Å². The van der Waals surface area contributed by atoms with Crippen LogP contribution in [0.15, 0.2) is 4.52 Å². The molecule has 1 amide bonds. The van der Waals surface area contributed by atoms with Crippen molar-refractivity contribution >= 4 is 5.91 Å². The van der Waals surface area contributed by atoms with Gasteiger partial charge in [-0.25, -0.2) is 0 Å². The Labute approximate surface area is 100 Å². The Morgan fingerprint density at radius 3 is 3.00 bits per heavy atom. The molecule has 0 radical (unpaired) electrons. The van der Waals surface area contributed by atoms with Crippen molar-refractivity contribution in [1.29, 1.82) is 0 Å². The standard InChI is InChI=1S/C11H18N4O2/c1-12-11(16)10-14-9(17-15-10)3-2-8-4-6-13-7-5-8/h8,13H,2-7H2,1H3,(H,12,16). The summed E-state index contributed by atoms with van der Waals surface area (Å²) in [6, 6.07) is 0. The average molecular weight is 238 g/mol. The van der Waals surface area contributed by atoms with Crippen LogP contribution in [0.4, 0.5) is 0 Å². The maximum atomic E-state index is 11.2. The number of carbonyl (C=O) groups is 1. The minimum absolute atomic E-state index is 0.118. The third kappa shape index (κ3) is 3.26. The van der Waals surface area contributed by atoms with Crippen LogP contribution in [-0.4, -0.2) is 36.2 Å². The number of aromatic nitrogens is 2. The molecule has 2 heterocycles. The van der Waals surface area contributed by atoms with Gasteiger partial charge in [-0.1, -0.05) is 5.16 Å². The van der Waals surface area contributed by atoms with Gasteiger partial charge >= 0.3 is 0 Å². The van der Waals surface area contributed by atoms with Crippen molar-refractivity contribution in [2.45, 2.75) is 25.7 Å². The molecule has 94 valence electrons. The van der Waals surface area contributed by atoms with Crippen molar-refractivity contribution in [2.24, 2.45) is 5.92 Å². The molecular weight excluding hydrogens is 220 g/mol. The fourth-order valence-corrected chi connectivity index (χ4v) is 2.06. The molecule has 1 aromatic rings. The monoisotopic (exact) mass is 238 g/mol. The molecule has 2 N–H and O–H groups in total. The molecule has 0 bridgehead atoms. The van der Waals surface area contributed by atoms with Gasteiger partial charge in [0.15, 0.2) is 0 Å². The predicted molar refractivity (Wildman–Crippen MR) is 61.6 cm³/mol. The number of rotatable bonds is 4. The zero-order valence-corrected chi connectivity index (χ0v) is 10.0. The Bertz CT molecular complexity index is 371. The molecule has 0 aromatic carbocycles. The second-order valence-corrected chi connectivity index (χ2v) is 4.32. The summed E-state index contributed by atoms with van der Waals surface area (Å²) in [5.41, 5.74) is 0. The van der Waals surface area contributed by atoms with Crippen LogP contribution in [0.1, 0.15) is 35.8 Å². The number of hydrogen-bond acceptors (Lipinski definition) is 5. The maximum absolute atomic E-state index is 11.2. The fraction of sp³-hybridized carbons (Fsp3) is 0.727. The molecule has 6 heteroatoms. The molecule has 2 rings (SSSR count). The molecule has 17 heavy (non-hydrogen) atoms. The lowest BCUT2D eigenvalue weighted by Crippen LogP contribution is -2.27. The summed E-state index contributed by atoms with van der Waals surface area (Å²) in [4.78, 5) is 15.3. The summed E-state index contributed by atoms with van der Waals surface area (Å²) in [6.07, 6.45) is 4.22. The molecule has 1 aliphatic rings. The van der Waals surface area contributed by atoms with Gasteiger partial charge in [-0.05, 0) is 38.3 Å².